The fourth-order valence-electron chi connectivity index (χ4n) is 3.67. The number of nitrogens with zero attached hydrogens (tertiary/aromatic N) is 2. The molecular weight excluding hydrogens is 388 g/mol. The highest BCUT2D eigenvalue weighted by atomic mass is 32.1. The highest BCUT2D eigenvalue weighted by Gasteiger charge is 2.49. The fraction of sp³-hybridized carbons (Fsp3) is 0.316. The molecule has 28 heavy (non-hydrogen) atoms. The van der Waals surface area contributed by atoms with Gasteiger partial charge in [0.1, 0.15) is 17.7 Å². The number of carbonyl (C=O) groups excluding carboxylic acids is 3. The van der Waals surface area contributed by atoms with Crippen LogP contribution in [0.5, 0.6) is 0 Å². The number of imide groups is 1. The monoisotopic (exact) mass is 405 g/mol. The van der Waals surface area contributed by atoms with Crippen molar-refractivity contribution in [2.75, 3.05) is 11.4 Å². The van der Waals surface area contributed by atoms with Crippen molar-refractivity contribution in [2.45, 2.75) is 31.3 Å². The Morgan fingerprint density at radius 1 is 1.25 bits per heavy atom. The molecule has 4 rings (SSSR count). The van der Waals surface area contributed by atoms with Crippen molar-refractivity contribution in [3.63, 3.8) is 0 Å². The van der Waals surface area contributed by atoms with Crippen LogP contribution in [0.1, 0.15) is 17.7 Å². The van der Waals surface area contributed by atoms with E-state index in [0.29, 0.717) is 12.5 Å². The van der Waals surface area contributed by atoms with Gasteiger partial charge in [0.05, 0.1) is 12.1 Å². The van der Waals surface area contributed by atoms with Crippen LogP contribution in [0, 0.1) is 11.6 Å². The molecule has 146 valence electrons. The van der Waals surface area contributed by atoms with Crippen LogP contribution in [0.15, 0.2) is 35.7 Å². The van der Waals surface area contributed by atoms with Crippen LogP contribution in [0.25, 0.3) is 0 Å². The van der Waals surface area contributed by atoms with Crippen molar-refractivity contribution in [2.24, 2.45) is 0 Å². The van der Waals surface area contributed by atoms with Gasteiger partial charge in [0.25, 0.3) is 5.91 Å². The first-order valence-electron chi connectivity index (χ1n) is 8.85. The normalized spacial score (nSPS) is 21.8. The molecule has 6 nitrogen and oxygen atoms in total. The highest BCUT2D eigenvalue weighted by Crippen LogP contribution is 2.32. The molecule has 2 aliphatic heterocycles. The van der Waals surface area contributed by atoms with E-state index in [9.17, 15) is 23.2 Å². The summed E-state index contributed by atoms with van der Waals surface area (Å²) in [7, 11) is 0. The summed E-state index contributed by atoms with van der Waals surface area (Å²) in [6, 6.07) is 4.84. The van der Waals surface area contributed by atoms with E-state index in [4.69, 9.17) is 0 Å². The SMILES string of the molecule is O=C(Cc1cccs1)N[C@@H]1CCN2C(=O)N(c3ccc(F)cc3F)C(=O)[C@@H]2C1. The minimum absolute atomic E-state index is 0.140. The number of hydrogen-bond donors (Lipinski definition) is 1. The second-order valence-electron chi connectivity index (χ2n) is 6.81. The predicted octanol–water partition coefficient (Wildman–Crippen LogP) is 2.68. The van der Waals surface area contributed by atoms with Gasteiger partial charge in [0.15, 0.2) is 0 Å². The van der Waals surface area contributed by atoms with Crippen LogP contribution < -0.4 is 10.2 Å². The number of carbonyl (C=O) groups is 3. The Morgan fingerprint density at radius 2 is 2.07 bits per heavy atom. The van der Waals surface area contributed by atoms with E-state index < -0.39 is 29.6 Å². The van der Waals surface area contributed by atoms with Gasteiger partial charge in [-0.05, 0) is 36.4 Å². The molecule has 0 saturated carbocycles. The average Bonchev–Trinajstić information content (AvgIpc) is 3.23. The van der Waals surface area contributed by atoms with Crippen LogP contribution in [-0.4, -0.2) is 41.4 Å². The second-order valence-corrected chi connectivity index (χ2v) is 7.84. The first-order chi connectivity index (χ1) is 13.4. The third-order valence-electron chi connectivity index (χ3n) is 4.98. The predicted molar refractivity (Wildman–Crippen MR) is 98.9 cm³/mol. The van der Waals surface area contributed by atoms with Gasteiger partial charge in [-0.25, -0.2) is 18.5 Å². The van der Waals surface area contributed by atoms with Crippen molar-refractivity contribution in [1.82, 2.24) is 10.2 Å². The zero-order valence-corrected chi connectivity index (χ0v) is 15.5. The van der Waals surface area contributed by atoms with E-state index in [2.05, 4.69) is 5.32 Å². The Balaban J connectivity index is 1.46. The van der Waals surface area contributed by atoms with Crippen LogP contribution in [0.3, 0.4) is 0 Å². The Morgan fingerprint density at radius 3 is 2.79 bits per heavy atom. The number of rotatable bonds is 4. The number of anilines is 1. The Kier molecular flexibility index (Phi) is 4.84. The summed E-state index contributed by atoms with van der Waals surface area (Å²) in [5.74, 6) is -2.46. The number of hydrogen-bond acceptors (Lipinski definition) is 4. The van der Waals surface area contributed by atoms with Gasteiger partial charge < -0.3 is 10.2 Å². The Labute approximate surface area is 163 Å². The third-order valence-corrected chi connectivity index (χ3v) is 5.85. The number of fused-ring (bicyclic) bond motifs is 1. The molecule has 2 aromatic rings. The molecule has 0 bridgehead atoms. The molecule has 2 saturated heterocycles. The third kappa shape index (κ3) is 3.37. The Hall–Kier alpha value is -2.81. The summed E-state index contributed by atoms with van der Waals surface area (Å²) in [6.07, 6.45) is 1.04. The smallest absolute Gasteiger partial charge is 0.332 e. The minimum Gasteiger partial charge on any atom is -0.353 e. The van der Waals surface area contributed by atoms with Gasteiger partial charge in [0, 0.05) is 23.5 Å². The number of benzene rings is 1. The van der Waals surface area contributed by atoms with Gasteiger partial charge in [-0.1, -0.05) is 6.07 Å². The standard InChI is InChI=1S/C19H17F2N3O3S/c20-11-3-4-15(14(21)8-11)24-18(26)16-9-12(5-6-23(16)19(24)27)22-17(25)10-13-2-1-7-28-13/h1-4,7-8,12,16H,5-6,9-10H2,(H,22,25)/t12-,16+/m1/s1. The number of thiophene rings is 1. The lowest BCUT2D eigenvalue weighted by Crippen LogP contribution is -2.50. The summed E-state index contributed by atoms with van der Waals surface area (Å²) in [5.41, 5.74) is -0.260. The zero-order valence-electron chi connectivity index (χ0n) is 14.7. The molecule has 1 N–H and O–H groups in total. The topological polar surface area (TPSA) is 69.7 Å². The highest BCUT2D eigenvalue weighted by molar-refractivity contribution is 7.10. The number of piperidine rings is 1. The fourth-order valence-corrected chi connectivity index (χ4v) is 4.37. The first kappa shape index (κ1) is 18.5. The Bertz CT molecular complexity index is 935. The van der Waals surface area contributed by atoms with Gasteiger partial charge in [-0.15, -0.1) is 11.3 Å². The maximum absolute atomic E-state index is 14.1. The largest absolute Gasteiger partial charge is 0.353 e. The number of amides is 4. The quantitative estimate of drug-likeness (QED) is 0.796. The molecule has 0 radical (unpaired) electrons. The average molecular weight is 405 g/mol. The van der Waals surface area contributed by atoms with Crippen molar-refractivity contribution >= 4 is 34.9 Å². The summed E-state index contributed by atoms with van der Waals surface area (Å²) < 4.78 is 27.2. The van der Waals surface area contributed by atoms with E-state index in [1.807, 2.05) is 17.5 Å². The molecule has 2 atom stereocenters. The van der Waals surface area contributed by atoms with Crippen LogP contribution in [0.4, 0.5) is 19.3 Å². The number of nitrogens with one attached hydrogen (secondary N) is 1. The maximum Gasteiger partial charge on any atom is 0.332 e. The van der Waals surface area contributed by atoms with Crippen molar-refractivity contribution in [1.29, 1.82) is 0 Å². The van der Waals surface area contributed by atoms with Gasteiger partial charge in [0.2, 0.25) is 5.91 Å². The molecule has 1 aromatic heterocycles. The summed E-state index contributed by atoms with van der Waals surface area (Å²) >= 11 is 1.49. The van der Waals surface area contributed by atoms with E-state index in [0.717, 1.165) is 21.9 Å². The van der Waals surface area contributed by atoms with E-state index >= 15 is 0 Å². The molecule has 0 spiro atoms. The lowest BCUT2D eigenvalue weighted by Gasteiger charge is -2.32. The van der Waals surface area contributed by atoms with Gasteiger partial charge in [-0.3, -0.25) is 9.59 Å². The van der Waals surface area contributed by atoms with Crippen LogP contribution in [0.2, 0.25) is 0 Å². The van der Waals surface area contributed by atoms with Crippen LogP contribution in [-0.2, 0) is 16.0 Å². The van der Waals surface area contributed by atoms with Gasteiger partial charge in [-0.2, -0.15) is 0 Å². The second kappa shape index (κ2) is 7.31. The summed E-state index contributed by atoms with van der Waals surface area (Å²) in [4.78, 5) is 40.7. The van der Waals surface area contributed by atoms with Crippen LogP contribution >= 0.6 is 11.3 Å². The molecule has 0 unspecified atom stereocenters. The number of urea groups is 1. The molecular formula is C19H17F2N3O3S. The zero-order chi connectivity index (χ0) is 19.8. The lowest BCUT2D eigenvalue weighted by molar-refractivity contribution is -0.124. The molecule has 9 heteroatoms. The first-order valence-corrected chi connectivity index (χ1v) is 9.73. The molecule has 3 heterocycles. The van der Waals surface area contributed by atoms with E-state index in [1.165, 1.54) is 16.2 Å². The minimum atomic E-state index is -0.970. The lowest BCUT2D eigenvalue weighted by atomic mass is 9.97. The van der Waals surface area contributed by atoms with Crippen molar-refractivity contribution < 1.29 is 23.2 Å². The number of halogens is 2. The molecule has 0 aliphatic carbocycles. The molecule has 1 aromatic carbocycles. The van der Waals surface area contributed by atoms with Gasteiger partial charge >= 0.3 is 6.03 Å². The molecule has 4 amide bonds. The van der Waals surface area contributed by atoms with E-state index in [-0.39, 0.29) is 37.0 Å². The summed E-state index contributed by atoms with van der Waals surface area (Å²) in [5, 5.41) is 4.81. The van der Waals surface area contributed by atoms with E-state index in [1.54, 1.807) is 0 Å². The molecule has 2 fully saturated rings. The summed E-state index contributed by atoms with van der Waals surface area (Å²) in [6.45, 7) is 0.276. The van der Waals surface area contributed by atoms with Crippen molar-refractivity contribution in [3.05, 3.63) is 52.2 Å². The molecule has 2 aliphatic rings. The maximum atomic E-state index is 14.1. The van der Waals surface area contributed by atoms with Crippen molar-refractivity contribution in [3.8, 4) is 0 Å².